The minimum Gasteiger partial charge on any atom is -0.396 e. The van der Waals surface area contributed by atoms with E-state index in [9.17, 15) is 4.79 Å². The molecule has 0 saturated heterocycles. The second-order valence-corrected chi connectivity index (χ2v) is 4.55. The molecule has 2 N–H and O–H groups in total. The Kier molecular flexibility index (Phi) is 5.46. The maximum absolute atomic E-state index is 11.8. The van der Waals surface area contributed by atoms with E-state index in [1.165, 1.54) is 11.8 Å². The average molecular weight is 264 g/mol. The molecule has 1 amide bonds. The molecule has 5 nitrogen and oxygen atoms in total. The van der Waals surface area contributed by atoms with Crippen molar-refractivity contribution in [2.24, 2.45) is 0 Å². The summed E-state index contributed by atoms with van der Waals surface area (Å²) in [6, 6.07) is 5.28. The molecule has 18 heavy (non-hydrogen) atoms. The highest BCUT2D eigenvalue weighted by Crippen LogP contribution is 2.19. The van der Waals surface area contributed by atoms with E-state index in [4.69, 9.17) is 11.0 Å². The van der Waals surface area contributed by atoms with Crippen molar-refractivity contribution in [3.05, 3.63) is 17.8 Å². The largest absolute Gasteiger partial charge is 0.396 e. The van der Waals surface area contributed by atoms with Crippen molar-refractivity contribution in [2.45, 2.75) is 18.9 Å². The number of hydrogen-bond donors (Lipinski definition) is 1. The van der Waals surface area contributed by atoms with E-state index in [1.807, 2.05) is 19.9 Å². The van der Waals surface area contributed by atoms with Gasteiger partial charge in [-0.3, -0.25) is 4.79 Å². The minimum absolute atomic E-state index is 0.0714. The summed E-state index contributed by atoms with van der Waals surface area (Å²) in [7, 11) is 0. The van der Waals surface area contributed by atoms with E-state index in [0.717, 1.165) is 0 Å². The van der Waals surface area contributed by atoms with Gasteiger partial charge in [-0.2, -0.15) is 5.26 Å². The molecular formula is C12H16N4OS. The average Bonchev–Trinajstić information content (AvgIpc) is 2.39. The Bertz CT molecular complexity index is 466. The van der Waals surface area contributed by atoms with Crippen LogP contribution in [-0.2, 0) is 4.79 Å². The summed E-state index contributed by atoms with van der Waals surface area (Å²) >= 11 is 1.32. The van der Waals surface area contributed by atoms with Crippen LogP contribution in [0, 0.1) is 11.3 Å². The lowest BCUT2D eigenvalue weighted by Gasteiger charge is -2.17. The summed E-state index contributed by atoms with van der Waals surface area (Å²) in [5, 5.41) is 9.45. The Morgan fingerprint density at radius 3 is 2.72 bits per heavy atom. The third-order valence-electron chi connectivity index (χ3n) is 2.47. The molecule has 0 atom stereocenters. The molecule has 0 unspecified atom stereocenters. The fraction of sp³-hybridized carbons (Fsp3) is 0.417. The zero-order valence-corrected chi connectivity index (χ0v) is 11.3. The van der Waals surface area contributed by atoms with Crippen molar-refractivity contribution < 1.29 is 4.79 Å². The number of aromatic nitrogens is 1. The lowest BCUT2D eigenvalue weighted by molar-refractivity contribution is -0.127. The van der Waals surface area contributed by atoms with Gasteiger partial charge in [-0.05, 0) is 26.0 Å². The number of nitrogens with zero attached hydrogens (tertiary/aromatic N) is 3. The van der Waals surface area contributed by atoms with Gasteiger partial charge in [0, 0.05) is 13.1 Å². The number of nitrogen functional groups attached to an aromatic ring is 1. The number of rotatable bonds is 5. The van der Waals surface area contributed by atoms with Crippen molar-refractivity contribution in [1.29, 1.82) is 5.26 Å². The number of thioether (sulfide) groups is 1. The van der Waals surface area contributed by atoms with E-state index in [-0.39, 0.29) is 11.6 Å². The number of nitriles is 1. The van der Waals surface area contributed by atoms with Gasteiger partial charge in [0.15, 0.2) is 5.69 Å². The number of anilines is 1. The van der Waals surface area contributed by atoms with Gasteiger partial charge in [0.1, 0.15) is 6.07 Å². The molecule has 0 aliphatic heterocycles. The first-order valence-corrected chi connectivity index (χ1v) is 6.68. The standard InChI is InChI=1S/C12H16N4OS/c1-3-16(4-2)12(17)8-18-11-6-5-9(14)10(7-13)15-11/h5-6H,3-4,8,14H2,1-2H3. The minimum atomic E-state index is 0.0714. The Labute approximate surface area is 111 Å². The van der Waals surface area contributed by atoms with Crippen molar-refractivity contribution in [2.75, 3.05) is 24.6 Å². The quantitative estimate of drug-likeness (QED) is 0.815. The molecule has 0 aromatic carbocycles. The molecule has 1 heterocycles. The summed E-state index contributed by atoms with van der Waals surface area (Å²) in [5.74, 6) is 0.394. The number of hydrogen-bond acceptors (Lipinski definition) is 5. The van der Waals surface area contributed by atoms with Crippen molar-refractivity contribution in [3.8, 4) is 6.07 Å². The number of nitrogens with two attached hydrogens (primary N) is 1. The monoisotopic (exact) mass is 264 g/mol. The van der Waals surface area contributed by atoms with Crippen LogP contribution in [0.4, 0.5) is 5.69 Å². The molecule has 6 heteroatoms. The normalized spacial score (nSPS) is 9.83. The number of amides is 1. The van der Waals surface area contributed by atoms with E-state index in [1.54, 1.807) is 17.0 Å². The van der Waals surface area contributed by atoms with Gasteiger partial charge >= 0.3 is 0 Å². The molecule has 0 aliphatic rings. The van der Waals surface area contributed by atoms with E-state index in [2.05, 4.69) is 4.98 Å². The van der Waals surface area contributed by atoms with Crippen LogP contribution in [0.15, 0.2) is 17.2 Å². The van der Waals surface area contributed by atoms with Crippen LogP contribution >= 0.6 is 11.8 Å². The highest BCUT2D eigenvalue weighted by atomic mass is 32.2. The highest BCUT2D eigenvalue weighted by Gasteiger charge is 2.11. The predicted octanol–water partition coefficient (Wildman–Crippen LogP) is 1.50. The third-order valence-corrected chi connectivity index (χ3v) is 3.38. The number of carbonyl (C=O) groups excluding carboxylic acids is 1. The molecule has 0 spiro atoms. The van der Waals surface area contributed by atoms with Crippen molar-refractivity contribution in [3.63, 3.8) is 0 Å². The summed E-state index contributed by atoms with van der Waals surface area (Å²) in [6.45, 7) is 5.30. The van der Waals surface area contributed by atoms with Crippen LogP contribution in [0.3, 0.4) is 0 Å². The second-order valence-electron chi connectivity index (χ2n) is 3.55. The van der Waals surface area contributed by atoms with Crippen LogP contribution < -0.4 is 5.73 Å². The van der Waals surface area contributed by atoms with Gasteiger partial charge in [-0.15, -0.1) is 0 Å². The Morgan fingerprint density at radius 1 is 1.50 bits per heavy atom. The molecule has 0 saturated carbocycles. The van der Waals surface area contributed by atoms with E-state index in [0.29, 0.717) is 29.6 Å². The van der Waals surface area contributed by atoms with Crippen molar-refractivity contribution in [1.82, 2.24) is 9.88 Å². The summed E-state index contributed by atoms with van der Waals surface area (Å²) in [5.41, 5.74) is 6.14. The van der Waals surface area contributed by atoms with Gasteiger partial charge < -0.3 is 10.6 Å². The molecular weight excluding hydrogens is 248 g/mol. The molecule has 1 aromatic rings. The third kappa shape index (κ3) is 3.64. The second kappa shape index (κ2) is 6.87. The predicted molar refractivity (Wildman–Crippen MR) is 72.0 cm³/mol. The SMILES string of the molecule is CCN(CC)C(=O)CSc1ccc(N)c(C#N)n1. The fourth-order valence-electron chi connectivity index (χ4n) is 1.43. The van der Waals surface area contributed by atoms with Gasteiger partial charge in [0.25, 0.3) is 0 Å². The smallest absolute Gasteiger partial charge is 0.232 e. The molecule has 0 aliphatic carbocycles. The Balaban J connectivity index is 2.64. The summed E-state index contributed by atoms with van der Waals surface area (Å²) < 4.78 is 0. The lowest BCUT2D eigenvalue weighted by atomic mass is 10.3. The van der Waals surface area contributed by atoms with Gasteiger partial charge in [0.2, 0.25) is 5.91 Å². The Hall–Kier alpha value is -1.74. The summed E-state index contributed by atoms with van der Waals surface area (Å²) in [4.78, 5) is 17.6. The van der Waals surface area contributed by atoms with Crippen LogP contribution in [0.2, 0.25) is 0 Å². The molecule has 0 radical (unpaired) electrons. The van der Waals surface area contributed by atoms with E-state index >= 15 is 0 Å². The maximum Gasteiger partial charge on any atom is 0.232 e. The van der Waals surface area contributed by atoms with Gasteiger partial charge in [0.05, 0.1) is 16.5 Å². The molecule has 1 aromatic heterocycles. The zero-order chi connectivity index (χ0) is 13.5. The molecule has 0 bridgehead atoms. The highest BCUT2D eigenvalue weighted by molar-refractivity contribution is 7.99. The molecule has 1 rings (SSSR count). The van der Waals surface area contributed by atoms with Crippen LogP contribution in [0.5, 0.6) is 0 Å². The van der Waals surface area contributed by atoms with Crippen molar-refractivity contribution >= 4 is 23.4 Å². The molecule has 0 fully saturated rings. The first-order chi connectivity index (χ1) is 8.62. The fourth-order valence-corrected chi connectivity index (χ4v) is 2.20. The van der Waals surface area contributed by atoms with Crippen LogP contribution in [0.1, 0.15) is 19.5 Å². The molecule has 96 valence electrons. The van der Waals surface area contributed by atoms with Crippen LogP contribution in [0.25, 0.3) is 0 Å². The Morgan fingerprint density at radius 2 is 2.17 bits per heavy atom. The van der Waals surface area contributed by atoms with Gasteiger partial charge in [-0.25, -0.2) is 4.98 Å². The first kappa shape index (κ1) is 14.3. The summed E-state index contributed by atoms with van der Waals surface area (Å²) in [6.07, 6.45) is 0. The van der Waals surface area contributed by atoms with Crippen LogP contribution in [-0.4, -0.2) is 34.6 Å². The number of carbonyl (C=O) groups is 1. The first-order valence-electron chi connectivity index (χ1n) is 5.69. The van der Waals surface area contributed by atoms with Gasteiger partial charge in [-0.1, -0.05) is 11.8 Å². The lowest BCUT2D eigenvalue weighted by Crippen LogP contribution is -2.31. The maximum atomic E-state index is 11.8. The van der Waals surface area contributed by atoms with E-state index < -0.39 is 0 Å². The topological polar surface area (TPSA) is 83.0 Å². The number of pyridine rings is 1. The zero-order valence-electron chi connectivity index (χ0n) is 10.5.